The third kappa shape index (κ3) is 9.77. The Morgan fingerprint density at radius 3 is 2.09 bits per heavy atom. The van der Waals surface area contributed by atoms with Crippen molar-refractivity contribution in [3.8, 4) is 0 Å². The third-order valence-corrected chi connectivity index (χ3v) is 12.3. The molecule has 2 aliphatic heterocycles. The van der Waals surface area contributed by atoms with Crippen molar-refractivity contribution in [1.29, 1.82) is 0 Å². The molecule has 0 bridgehead atoms. The summed E-state index contributed by atoms with van der Waals surface area (Å²) < 4.78 is 44.2. The van der Waals surface area contributed by atoms with E-state index < -0.39 is 17.4 Å². The highest BCUT2D eigenvalue weighted by Gasteiger charge is 2.45. The largest absolute Gasteiger partial charge is 0.500 e. The first kappa shape index (κ1) is 28.4. The van der Waals surface area contributed by atoms with Crippen molar-refractivity contribution in [3.63, 3.8) is 0 Å². The van der Waals surface area contributed by atoms with Crippen molar-refractivity contribution < 1.29 is 36.3 Å². The quantitative estimate of drug-likeness (QED) is 0.251. The first-order valence-corrected chi connectivity index (χ1v) is 16.6. The summed E-state index contributed by atoms with van der Waals surface area (Å²) in [6, 6.07) is 1.79. The van der Waals surface area contributed by atoms with Crippen LogP contribution in [0.4, 0.5) is 0 Å². The SMILES string of the molecule is CCO[Si](C)(CC(C)OCC1CO1)OCC.CO[Si](CCC1CCC2OC2C1)(OC)OC. The topological polar surface area (TPSA) is 80.4 Å². The van der Waals surface area contributed by atoms with Crippen LogP contribution in [-0.4, -0.2) is 89.5 Å². The lowest BCUT2D eigenvalue weighted by molar-refractivity contribution is 0.0559. The Hall–Kier alpha value is 0.114. The summed E-state index contributed by atoms with van der Waals surface area (Å²) in [5.74, 6) is 0.760. The van der Waals surface area contributed by atoms with Gasteiger partial charge in [-0.15, -0.1) is 0 Å². The van der Waals surface area contributed by atoms with Gasteiger partial charge in [0.15, 0.2) is 0 Å². The normalized spacial score (nSPS) is 27.8. The summed E-state index contributed by atoms with van der Waals surface area (Å²) in [6.07, 6.45) is 6.52. The minimum absolute atomic E-state index is 0.180. The van der Waals surface area contributed by atoms with E-state index in [0.29, 0.717) is 38.1 Å². The molecule has 0 aromatic carbocycles. The summed E-state index contributed by atoms with van der Waals surface area (Å²) >= 11 is 0. The number of hydrogen-bond donors (Lipinski definition) is 0. The zero-order valence-electron chi connectivity index (χ0n) is 21.2. The van der Waals surface area contributed by atoms with Crippen LogP contribution in [-0.2, 0) is 36.3 Å². The maximum absolute atomic E-state index is 5.77. The van der Waals surface area contributed by atoms with Gasteiger partial charge in [-0.2, -0.15) is 0 Å². The number of fused-ring (bicyclic) bond motifs is 1. The Kier molecular flexibility index (Phi) is 12.3. The predicted molar refractivity (Wildman–Crippen MR) is 127 cm³/mol. The van der Waals surface area contributed by atoms with Crippen LogP contribution in [0.5, 0.6) is 0 Å². The van der Waals surface area contributed by atoms with Gasteiger partial charge in [0.25, 0.3) is 0 Å². The molecule has 8 nitrogen and oxygen atoms in total. The van der Waals surface area contributed by atoms with Crippen molar-refractivity contribution in [3.05, 3.63) is 0 Å². The van der Waals surface area contributed by atoms with Gasteiger partial charge in [-0.25, -0.2) is 0 Å². The second-order valence-electron chi connectivity index (χ2n) is 9.03. The van der Waals surface area contributed by atoms with E-state index in [1.807, 2.05) is 13.8 Å². The number of hydrogen-bond acceptors (Lipinski definition) is 8. The maximum atomic E-state index is 5.77. The molecule has 2 heterocycles. The van der Waals surface area contributed by atoms with Crippen LogP contribution < -0.4 is 0 Å². The van der Waals surface area contributed by atoms with E-state index in [-0.39, 0.29) is 6.10 Å². The number of ether oxygens (including phenoxy) is 3. The molecule has 190 valence electrons. The highest BCUT2D eigenvalue weighted by molar-refractivity contribution is 6.66. The lowest BCUT2D eigenvalue weighted by atomic mass is 9.88. The van der Waals surface area contributed by atoms with Crippen LogP contribution in [0.3, 0.4) is 0 Å². The molecule has 0 N–H and O–H groups in total. The first-order chi connectivity index (χ1) is 15.3. The molecule has 0 amide bonds. The van der Waals surface area contributed by atoms with Crippen LogP contribution in [0, 0.1) is 5.92 Å². The maximum Gasteiger partial charge on any atom is 0.500 e. The monoisotopic (exact) mass is 494 g/mol. The van der Waals surface area contributed by atoms with Crippen molar-refractivity contribution >= 4 is 17.4 Å². The summed E-state index contributed by atoms with van der Waals surface area (Å²) in [6.45, 7) is 11.2. The third-order valence-electron chi connectivity index (χ3n) is 6.43. The van der Waals surface area contributed by atoms with E-state index in [9.17, 15) is 0 Å². The molecule has 10 heteroatoms. The minimum Gasteiger partial charge on any atom is -0.395 e. The van der Waals surface area contributed by atoms with Gasteiger partial charge in [0, 0.05) is 46.6 Å². The smallest absolute Gasteiger partial charge is 0.395 e. The molecular formula is C22H46O8Si2. The van der Waals surface area contributed by atoms with Crippen LogP contribution >= 0.6 is 0 Å². The molecule has 1 aliphatic carbocycles. The highest BCUT2D eigenvalue weighted by Crippen LogP contribution is 2.41. The van der Waals surface area contributed by atoms with E-state index in [4.69, 9.17) is 36.3 Å². The molecule has 0 spiro atoms. The average Bonchev–Trinajstić information content (AvgIpc) is 3.69. The minimum atomic E-state index is -2.35. The molecule has 2 saturated heterocycles. The molecule has 3 rings (SSSR count). The molecule has 5 unspecified atom stereocenters. The summed E-state index contributed by atoms with van der Waals surface area (Å²) in [5, 5.41) is 0. The highest BCUT2D eigenvalue weighted by atomic mass is 28.4. The molecular weight excluding hydrogens is 448 g/mol. The number of epoxide rings is 2. The van der Waals surface area contributed by atoms with E-state index >= 15 is 0 Å². The van der Waals surface area contributed by atoms with Gasteiger partial charge in [-0.1, -0.05) is 0 Å². The Morgan fingerprint density at radius 2 is 1.59 bits per heavy atom. The fraction of sp³-hybridized carbons (Fsp3) is 1.00. The lowest BCUT2D eigenvalue weighted by Gasteiger charge is -2.28. The van der Waals surface area contributed by atoms with Gasteiger partial charge in [-0.05, 0) is 58.9 Å². The Balaban J connectivity index is 0.000000227. The molecule has 0 aromatic rings. The van der Waals surface area contributed by atoms with Crippen molar-refractivity contribution in [2.24, 2.45) is 5.92 Å². The Labute approximate surface area is 197 Å². The first-order valence-electron chi connectivity index (χ1n) is 12.1. The van der Waals surface area contributed by atoms with Gasteiger partial charge >= 0.3 is 17.4 Å². The zero-order chi connectivity index (χ0) is 23.6. The Bertz CT molecular complexity index is 504. The summed E-state index contributed by atoms with van der Waals surface area (Å²) in [5.41, 5.74) is 0. The van der Waals surface area contributed by atoms with E-state index in [1.165, 1.54) is 19.3 Å². The number of rotatable bonds is 15. The summed E-state index contributed by atoms with van der Waals surface area (Å²) in [4.78, 5) is 0. The van der Waals surface area contributed by atoms with Crippen molar-refractivity contribution in [1.82, 2.24) is 0 Å². The summed E-state index contributed by atoms with van der Waals surface area (Å²) in [7, 11) is 0.662. The molecule has 1 saturated carbocycles. The second kappa shape index (κ2) is 13.9. The van der Waals surface area contributed by atoms with Crippen LogP contribution in [0.25, 0.3) is 0 Å². The zero-order valence-corrected chi connectivity index (χ0v) is 23.2. The molecule has 5 atom stereocenters. The molecule has 0 aromatic heterocycles. The predicted octanol–water partition coefficient (Wildman–Crippen LogP) is 3.76. The van der Waals surface area contributed by atoms with Crippen LogP contribution in [0.2, 0.25) is 18.6 Å². The van der Waals surface area contributed by atoms with Gasteiger partial charge in [0.1, 0.15) is 6.10 Å². The molecule has 32 heavy (non-hydrogen) atoms. The molecule has 3 fully saturated rings. The van der Waals surface area contributed by atoms with Crippen molar-refractivity contribution in [2.45, 2.75) is 89.5 Å². The van der Waals surface area contributed by atoms with Gasteiger partial charge in [0.05, 0.1) is 31.5 Å². The fourth-order valence-corrected chi connectivity index (χ4v) is 9.05. The van der Waals surface area contributed by atoms with Crippen LogP contribution in [0.15, 0.2) is 0 Å². The van der Waals surface area contributed by atoms with Gasteiger partial charge in [-0.3, -0.25) is 0 Å². The Morgan fingerprint density at radius 1 is 0.969 bits per heavy atom. The second-order valence-corrected chi connectivity index (χ2v) is 15.4. The lowest BCUT2D eigenvalue weighted by Crippen LogP contribution is -2.43. The van der Waals surface area contributed by atoms with E-state index in [1.54, 1.807) is 21.3 Å². The van der Waals surface area contributed by atoms with Crippen LogP contribution in [0.1, 0.15) is 46.5 Å². The van der Waals surface area contributed by atoms with Gasteiger partial charge in [0.2, 0.25) is 0 Å². The van der Waals surface area contributed by atoms with E-state index in [0.717, 1.165) is 31.0 Å². The fourth-order valence-electron chi connectivity index (χ4n) is 4.47. The van der Waals surface area contributed by atoms with Crippen molar-refractivity contribution in [2.75, 3.05) is 47.8 Å². The molecule has 0 radical (unpaired) electrons. The average molecular weight is 495 g/mol. The van der Waals surface area contributed by atoms with Gasteiger partial charge < -0.3 is 36.3 Å². The van der Waals surface area contributed by atoms with E-state index in [2.05, 4.69) is 13.5 Å². The molecule has 3 aliphatic rings. The standard InChI is InChI=1S/C11H22O4Si.C11H24O4Si/c1-12-16(13-2,14-3)7-6-9-4-5-10-11(8-9)15-10;1-5-14-16(4,15-6-2)9-10(3)12-7-11-8-13-11/h9-11H,4-8H2,1-3H3;10-11H,5-9H2,1-4H3.